The van der Waals surface area contributed by atoms with Gasteiger partial charge < -0.3 is 19.1 Å². The minimum Gasteiger partial charge on any atom is -0.497 e. The molecule has 2 aromatic carbocycles. The Kier molecular flexibility index (Phi) is 6.26. The van der Waals surface area contributed by atoms with Crippen LogP contribution in [-0.4, -0.2) is 52.4 Å². The molecule has 1 atom stereocenters. The summed E-state index contributed by atoms with van der Waals surface area (Å²) in [6.07, 6.45) is 1.54. The van der Waals surface area contributed by atoms with Crippen LogP contribution >= 0.6 is 0 Å². The lowest BCUT2D eigenvalue weighted by Crippen LogP contribution is -2.42. The second-order valence-electron chi connectivity index (χ2n) is 9.10. The third kappa shape index (κ3) is 4.98. The Labute approximate surface area is 188 Å². The van der Waals surface area contributed by atoms with Gasteiger partial charge in [0.05, 0.1) is 30.7 Å². The van der Waals surface area contributed by atoms with Crippen LogP contribution in [0.15, 0.2) is 48.5 Å². The number of likely N-dealkylation sites (tertiary alicyclic amines) is 1. The smallest absolute Gasteiger partial charge is 0.410 e. The number of hydrogen-bond acceptors (Lipinski definition) is 5. The lowest BCUT2D eigenvalue weighted by molar-refractivity contribution is 0.0183. The second kappa shape index (κ2) is 9.10. The normalized spacial score (nSPS) is 16.4. The number of nitrogens with zero attached hydrogens (tertiary/aromatic N) is 3. The highest BCUT2D eigenvalue weighted by molar-refractivity contribution is 5.76. The van der Waals surface area contributed by atoms with E-state index >= 15 is 0 Å². The number of imidazole rings is 1. The van der Waals surface area contributed by atoms with E-state index < -0.39 is 5.60 Å². The molecule has 0 spiro atoms. The van der Waals surface area contributed by atoms with Crippen LogP contribution in [0.25, 0.3) is 11.0 Å². The first-order chi connectivity index (χ1) is 15.3. The van der Waals surface area contributed by atoms with Gasteiger partial charge in [-0.05, 0) is 63.4 Å². The van der Waals surface area contributed by atoms with Crippen LogP contribution in [0.2, 0.25) is 0 Å². The minimum atomic E-state index is -0.516. The molecule has 1 saturated heterocycles. The molecule has 7 nitrogen and oxygen atoms in total. The lowest BCUT2D eigenvalue weighted by atomic mass is 10.2. The van der Waals surface area contributed by atoms with Gasteiger partial charge in [-0.3, -0.25) is 4.57 Å². The monoisotopic (exact) mass is 437 g/mol. The molecule has 3 aromatic rings. The zero-order valence-corrected chi connectivity index (χ0v) is 19.2. The van der Waals surface area contributed by atoms with Gasteiger partial charge in [0.25, 0.3) is 6.01 Å². The Hall–Kier alpha value is -3.22. The molecule has 0 bridgehead atoms. The third-order valence-electron chi connectivity index (χ3n) is 5.53. The third-order valence-corrected chi connectivity index (χ3v) is 5.53. The Morgan fingerprint density at radius 3 is 2.59 bits per heavy atom. The van der Waals surface area contributed by atoms with Crippen molar-refractivity contribution < 1.29 is 19.0 Å². The van der Waals surface area contributed by atoms with Gasteiger partial charge in [-0.1, -0.05) is 24.3 Å². The van der Waals surface area contributed by atoms with Crippen molar-refractivity contribution in [1.82, 2.24) is 14.5 Å². The largest absolute Gasteiger partial charge is 0.497 e. The first-order valence-electron chi connectivity index (χ1n) is 11.0. The Morgan fingerprint density at radius 2 is 1.88 bits per heavy atom. The van der Waals surface area contributed by atoms with Crippen molar-refractivity contribution in [2.75, 3.05) is 20.3 Å². The van der Waals surface area contributed by atoms with E-state index in [1.807, 2.05) is 69.3 Å². The van der Waals surface area contributed by atoms with Crippen molar-refractivity contribution in [3.8, 4) is 11.8 Å². The average molecular weight is 438 g/mol. The van der Waals surface area contributed by atoms with Gasteiger partial charge in [0.15, 0.2) is 0 Å². The molecule has 0 radical (unpaired) electrons. The highest BCUT2D eigenvalue weighted by Crippen LogP contribution is 2.26. The van der Waals surface area contributed by atoms with Crippen molar-refractivity contribution in [3.05, 3.63) is 54.1 Å². The molecule has 32 heavy (non-hydrogen) atoms. The summed E-state index contributed by atoms with van der Waals surface area (Å²) in [6, 6.07) is 16.5. The van der Waals surface area contributed by atoms with Gasteiger partial charge in [-0.2, -0.15) is 4.98 Å². The average Bonchev–Trinajstić information content (AvgIpc) is 3.36. The van der Waals surface area contributed by atoms with Crippen LogP contribution in [0.3, 0.4) is 0 Å². The molecule has 170 valence electrons. The summed E-state index contributed by atoms with van der Waals surface area (Å²) in [5.74, 6) is 0.823. The molecule has 0 N–H and O–H groups in total. The SMILES string of the molecule is COc1ccc(Cn2c(OC[C@H]3CCCN3C(=O)OC(C)(C)C)nc3ccccc32)cc1. The zero-order valence-electron chi connectivity index (χ0n) is 19.2. The molecule has 4 rings (SSSR count). The van der Waals surface area contributed by atoms with E-state index in [-0.39, 0.29) is 12.1 Å². The first kappa shape index (κ1) is 22.0. The number of methoxy groups -OCH3 is 1. The summed E-state index contributed by atoms with van der Waals surface area (Å²) >= 11 is 0. The van der Waals surface area contributed by atoms with Crippen molar-refractivity contribution in [2.24, 2.45) is 0 Å². The number of rotatable bonds is 6. The van der Waals surface area contributed by atoms with Crippen LogP contribution in [0, 0.1) is 0 Å². The highest BCUT2D eigenvalue weighted by Gasteiger charge is 2.33. The molecular formula is C25H31N3O4. The van der Waals surface area contributed by atoms with E-state index in [2.05, 4.69) is 4.57 Å². The first-order valence-corrected chi connectivity index (χ1v) is 11.0. The van der Waals surface area contributed by atoms with E-state index in [0.29, 0.717) is 25.7 Å². The summed E-state index contributed by atoms with van der Waals surface area (Å²) in [5.41, 5.74) is 2.49. The van der Waals surface area contributed by atoms with Crippen LogP contribution in [-0.2, 0) is 11.3 Å². The number of aromatic nitrogens is 2. The van der Waals surface area contributed by atoms with E-state index in [1.54, 1.807) is 12.0 Å². The van der Waals surface area contributed by atoms with Crippen molar-refractivity contribution in [1.29, 1.82) is 0 Å². The number of amides is 1. The number of carbonyl (C=O) groups excluding carboxylic acids is 1. The van der Waals surface area contributed by atoms with Gasteiger partial charge >= 0.3 is 6.09 Å². The van der Waals surface area contributed by atoms with Crippen molar-refractivity contribution >= 4 is 17.1 Å². The van der Waals surface area contributed by atoms with Gasteiger partial charge in [-0.15, -0.1) is 0 Å². The van der Waals surface area contributed by atoms with E-state index in [4.69, 9.17) is 19.2 Å². The lowest BCUT2D eigenvalue weighted by Gasteiger charge is -2.28. The summed E-state index contributed by atoms with van der Waals surface area (Å²) in [5, 5.41) is 0. The minimum absolute atomic E-state index is 0.0286. The van der Waals surface area contributed by atoms with E-state index in [1.165, 1.54) is 0 Å². The maximum absolute atomic E-state index is 12.6. The van der Waals surface area contributed by atoms with E-state index in [9.17, 15) is 4.79 Å². The summed E-state index contributed by atoms with van der Waals surface area (Å²) in [7, 11) is 1.66. The number of hydrogen-bond donors (Lipinski definition) is 0. The van der Waals surface area contributed by atoms with Crippen molar-refractivity contribution in [3.63, 3.8) is 0 Å². The number of fused-ring (bicyclic) bond motifs is 1. The van der Waals surface area contributed by atoms with Crippen LogP contribution in [0.4, 0.5) is 4.79 Å². The molecule has 1 amide bonds. The Morgan fingerprint density at radius 1 is 1.12 bits per heavy atom. The summed E-state index contributed by atoms with van der Waals surface area (Å²) < 4.78 is 19.1. The van der Waals surface area contributed by atoms with Gasteiger partial charge in [0.1, 0.15) is 18.0 Å². The zero-order chi connectivity index (χ0) is 22.7. The number of para-hydroxylation sites is 2. The van der Waals surface area contributed by atoms with Crippen molar-refractivity contribution in [2.45, 2.75) is 51.8 Å². The topological polar surface area (TPSA) is 65.8 Å². The molecule has 0 unspecified atom stereocenters. The maximum atomic E-state index is 12.6. The quantitative estimate of drug-likeness (QED) is 0.550. The maximum Gasteiger partial charge on any atom is 0.410 e. The molecule has 2 heterocycles. The fraction of sp³-hybridized carbons (Fsp3) is 0.440. The predicted molar refractivity (Wildman–Crippen MR) is 123 cm³/mol. The number of ether oxygens (including phenoxy) is 3. The fourth-order valence-electron chi connectivity index (χ4n) is 3.97. The number of carbonyl (C=O) groups is 1. The molecule has 1 aliphatic heterocycles. The van der Waals surface area contributed by atoms with E-state index in [0.717, 1.165) is 35.2 Å². The second-order valence-corrected chi connectivity index (χ2v) is 9.10. The number of benzene rings is 2. The molecule has 0 aliphatic carbocycles. The summed E-state index contributed by atoms with van der Waals surface area (Å²) in [6.45, 7) is 7.34. The molecule has 1 fully saturated rings. The molecule has 0 saturated carbocycles. The molecule has 1 aliphatic rings. The standard InChI is InChI=1S/C25H31N3O4/c1-25(2,3)32-24(29)27-15-7-8-19(27)17-31-23-26-21-9-5-6-10-22(21)28(23)16-18-11-13-20(30-4)14-12-18/h5-6,9-14,19H,7-8,15-17H2,1-4H3/t19-/m1/s1. The predicted octanol–water partition coefficient (Wildman–Crippen LogP) is 4.87. The molecule has 1 aromatic heterocycles. The van der Waals surface area contributed by atoms with Crippen LogP contribution < -0.4 is 9.47 Å². The Balaban J connectivity index is 1.52. The van der Waals surface area contributed by atoms with Crippen LogP contribution in [0.1, 0.15) is 39.2 Å². The van der Waals surface area contributed by atoms with Gasteiger partial charge in [-0.25, -0.2) is 4.79 Å². The van der Waals surface area contributed by atoms with Gasteiger partial charge in [0, 0.05) is 6.54 Å². The van der Waals surface area contributed by atoms with Gasteiger partial charge in [0.2, 0.25) is 0 Å². The molecule has 7 heteroatoms. The fourth-order valence-corrected chi connectivity index (χ4v) is 3.97. The van der Waals surface area contributed by atoms with Crippen LogP contribution in [0.5, 0.6) is 11.8 Å². The molecular weight excluding hydrogens is 406 g/mol. The summed E-state index contributed by atoms with van der Waals surface area (Å²) in [4.78, 5) is 19.1. The highest BCUT2D eigenvalue weighted by atomic mass is 16.6. The Bertz CT molecular complexity index is 1070.